The van der Waals surface area contributed by atoms with Gasteiger partial charge >= 0.3 is 0 Å². The van der Waals surface area contributed by atoms with Crippen LogP contribution in [-0.2, 0) is 11.2 Å². The van der Waals surface area contributed by atoms with Crippen LogP contribution in [-0.4, -0.2) is 49.5 Å². The number of benzene rings is 1. The molecule has 7 nitrogen and oxygen atoms in total. The zero-order valence-electron chi connectivity index (χ0n) is 18.0. The summed E-state index contributed by atoms with van der Waals surface area (Å²) in [7, 11) is 0. The number of carbonyl (C=O) groups excluding carboxylic acids is 1. The van der Waals surface area contributed by atoms with Crippen LogP contribution in [0, 0.1) is 0 Å². The van der Waals surface area contributed by atoms with Crippen LogP contribution < -0.4 is 5.32 Å². The summed E-state index contributed by atoms with van der Waals surface area (Å²) in [6.45, 7) is 3.88. The first-order valence-corrected chi connectivity index (χ1v) is 11.1. The molecule has 0 bridgehead atoms. The maximum Gasteiger partial charge on any atom is 0.243 e. The first kappa shape index (κ1) is 21.2. The van der Waals surface area contributed by atoms with Gasteiger partial charge in [0, 0.05) is 24.6 Å². The van der Waals surface area contributed by atoms with Crippen molar-refractivity contribution in [2.24, 2.45) is 0 Å². The lowest BCUT2D eigenvalue weighted by molar-refractivity contribution is -0.128. The third-order valence-electron chi connectivity index (χ3n) is 5.78. The summed E-state index contributed by atoms with van der Waals surface area (Å²) in [5.41, 5.74) is 2.02. The van der Waals surface area contributed by atoms with Gasteiger partial charge in [-0.25, -0.2) is 15.0 Å². The highest BCUT2D eigenvalue weighted by Crippen LogP contribution is 2.24. The second-order valence-corrected chi connectivity index (χ2v) is 8.18. The van der Waals surface area contributed by atoms with Crippen molar-refractivity contribution in [2.45, 2.75) is 51.1 Å². The molecule has 1 aromatic carbocycles. The standard InChI is InChI=1S/C24H30N6O/c1-19(10-11-20-8-4-2-5-9-20)27-23(31)22(29-15-6-3-7-16-29)21-12-13-26-24(28-21)30-17-14-25-18-30/h2,4-5,8-9,12-14,17-19,22H,3,6-7,10-11,15-16H2,1H3,(H,27,31). The van der Waals surface area contributed by atoms with Crippen molar-refractivity contribution in [3.8, 4) is 5.95 Å². The van der Waals surface area contributed by atoms with Crippen molar-refractivity contribution in [3.05, 3.63) is 72.6 Å². The van der Waals surface area contributed by atoms with E-state index < -0.39 is 6.04 Å². The normalized spacial score (nSPS) is 16.5. The van der Waals surface area contributed by atoms with Crippen LogP contribution in [0.1, 0.15) is 49.9 Å². The number of nitrogens with one attached hydrogen (secondary N) is 1. The smallest absolute Gasteiger partial charge is 0.243 e. The van der Waals surface area contributed by atoms with E-state index in [1.807, 2.05) is 12.1 Å². The fourth-order valence-corrected chi connectivity index (χ4v) is 4.10. The van der Waals surface area contributed by atoms with Gasteiger partial charge in [0.1, 0.15) is 12.4 Å². The monoisotopic (exact) mass is 418 g/mol. The fraction of sp³-hybridized carbons (Fsp3) is 0.417. The number of aryl methyl sites for hydroxylation is 1. The van der Waals surface area contributed by atoms with Crippen molar-refractivity contribution in [1.29, 1.82) is 0 Å². The van der Waals surface area contributed by atoms with Crippen LogP contribution in [0.15, 0.2) is 61.3 Å². The van der Waals surface area contributed by atoms with Gasteiger partial charge in [0.05, 0.1) is 5.69 Å². The number of aromatic nitrogens is 4. The highest BCUT2D eigenvalue weighted by molar-refractivity contribution is 5.83. The lowest BCUT2D eigenvalue weighted by Gasteiger charge is -2.34. The molecule has 3 aromatic rings. The van der Waals surface area contributed by atoms with Gasteiger partial charge in [-0.1, -0.05) is 36.8 Å². The lowest BCUT2D eigenvalue weighted by atomic mass is 10.0. The number of hydrogen-bond donors (Lipinski definition) is 1. The molecule has 1 N–H and O–H groups in total. The Bertz CT molecular complexity index is 953. The summed E-state index contributed by atoms with van der Waals surface area (Å²) in [5, 5.41) is 3.24. The number of imidazole rings is 1. The van der Waals surface area contributed by atoms with Crippen LogP contribution in [0.4, 0.5) is 0 Å². The van der Waals surface area contributed by atoms with Gasteiger partial charge < -0.3 is 5.32 Å². The minimum Gasteiger partial charge on any atom is -0.352 e. The van der Waals surface area contributed by atoms with E-state index in [4.69, 9.17) is 4.98 Å². The second kappa shape index (κ2) is 10.3. The number of rotatable bonds is 8. The molecule has 3 heterocycles. The summed E-state index contributed by atoms with van der Waals surface area (Å²) < 4.78 is 1.76. The molecule has 2 aromatic heterocycles. The topological polar surface area (TPSA) is 75.9 Å². The van der Waals surface area contributed by atoms with E-state index >= 15 is 0 Å². The number of hydrogen-bond acceptors (Lipinski definition) is 5. The number of nitrogens with zero attached hydrogens (tertiary/aromatic N) is 5. The van der Waals surface area contributed by atoms with E-state index in [0.29, 0.717) is 5.95 Å². The van der Waals surface area contributed by atoms with E-state index in [0.717, 1.165) is 44.5 Å². The molecule has 0 saturated carbocycles. The molecule has 1 amide bonds. The maximum absolute atomic E-state index is 13.4. The Morgan fingerprint density at radius 1 is 1.10 bits per heavy atom. The maximum atomic E-state index is 13.4. The Balaban J connectivity index is 1.49. The average molecular weight is 419 g/mol. The quantitative estimate of drug-likeness (QED) is 0.607. The molecule has 0 radical (unpaired) electrons. The molecule has 31 heavy (non-hydrogen) atoms. The summed E-state index contributed by atoms with van der Waals surface area (Å²) in [6, 6.07) is 11.9. The van der Waals surface area contributed by atoms with Crippen molar-refractivity contribution >= 4 is 5.91 Å². The zero-order chi connectivity index (χ0) is 21.5. The SMILES string of the molecule is CC(CCc1ccccc1)NC(=O)C(c1ccnc(-n2ccnc2)n1)N1CCCCC1. The molecule has 0 aliphatic carbocycles. The van der Waals surface area contributed by atoms with Crippen LogP contribution >= 0.6 is 0 Å². The van der Waals surface area contributed by atoms with E-state index in [1.54, 1.807) is 29.5 Å². The molecule has 1 aliphatic rings. The minimum atomic E-state index is -0.412. The first-order valence-electron chi connectivity index (χ1n) is 11.1. The van der Waals surface area contributed by atoms with E-state index in [9.17, 15) is 4.79 Å². The summed E-state index contributed by atoms with van der Waals surface area (Å²) in [6.07, 6.45) is 12.1. The van der Waals surface area contributed by atoms with Gasteiger partial charge in [-0.15, -0.1) is 0 Å². The molecule has 1 aliphatic heterocycles. The lowest BCUT2D eigenvalue weighted by Crippen LogP contribution is -2.45. The molecular weight excluding hydrogens is 388 g/mol. The highest BCUT2D eigenvalue weighted by atomic mass is 16.2. The van der Waals surface area contributed by atoms with Crippen molar-refractivity contribution in [1.82, 2.24) is 29.7 Å². The Morgan fingerprint density at radius 2 is 1.90 bits per heavy atom. The summed E-state index contributed by atoms with van der Waals surface area (Å²) in [4.78, 5) is 28.8. The Morgan fingerprint density at radius 3 is 2.65 bits per heavy atom. The highest BCUT2D eigenvalue weighted by Gasteiger charge is 2.31. The fourth-order valence-electron chi connectivity index (χ4n) is 4.10. The van der Waals surface area contributed by atoms with E-state index in [2.05, 4.69) is 51.4 Å². The molecule has 162 valence electrons. The van der Waals surface area contributed by atoms with E-state index in [-0.39, 0.29) is 11.9 Å². The van der Waals surface area contributed by atoms with Crippen LogP contribution in [0.3, 0.4) is 0 Å². The zero-order valence-corrected chi connectivity index (χ0v) is 18.0. The van der Waals surface area contributed by atoms with Crippen molar-refractivity contribution in [2.75, 3.05) is 13.1 Å². The predicted octanol–water partition coefficient (Wildman–Crippen LogP) is 3.33. The Labute approximate surface area is 183 Å². The van der Waals surface area contributed by atoms with Crippen LogP contribution in [0.2, 0.25) is 0 Å². The van der Waals surface area contributed by atoms with Gasteiger partial charge in [-0.05, 0) is 57.3 Å². The van der Waals surface area contributed by atoms with Crippen molar-refractivity contribution in [3.63, 3.8) is 0 Å². The number of amides is 1. The Hall–Kier alpha value is -3.06. The van der Waals surface area contributed by atoms with Gasteiger partial charge in [-0.3, -0.25) is 14.3 Å². The van der Waals surface area contributed by atoms with Gasteiger partial charge in [0.25, 0.3) is 0 Å². The second-order valence-electron chi connectivity index (χ2n) is 8.18. The van der Waals surface area contributed by atoms with Gasteiger partial charge in [-0.2, -0.15) is 0 Å². The van der Waals surface area contributed by atoms with Gasteiger partial charge in [0.15, 0.2) is 0 Å². The van der Waals surface area contributed by atoms with Crippen LogP contribution in [0.25, 0.3) is 5.95 Å². The van der Waals surface area contributed by atoms with E-state index in [1.165, 1.54) is 12.0 Å². The number of piperidine rings is 1. The minimum absolute atomic E-state index is 0.0118. The molecule has 1 fully saturated rings. The third-order valence-corrected chi connectivity index (χ3v) is 5.78. The Kier molecular flexibility index (Phi) is 7.04. The number of carbonyl (C=O) groups is 1. The van der Waals surface area contributed by atoms with Gasteiger partial charge in [0.2, 0.25) is 11.9 Å². The predicted molar refractivity (Wildman–Crippen MR) is 120 cm³/mol. The summed E-state index contributed by atoms with van der Waals surface area (Å²) >= 11 is 0. The summed E-state index contributed by atoms with van der Waals surface area (Å²) in [5.74, 6) is 0.541. The molecule has 4 rings (SSSR count). The molecule has 0 spiro atoms. The first-order chi connectivity index (χ1) is 15.2. The average Bonchev–Trinajstić information content (AvgIpc) is 3.35. The molecule has 2 atom stereocenters. The third kappa shape index (κ3) is 5.55. The van der Waals surface area contributed by atoms with Crippen molar-refractivity contribution < 1.29 is 4.79 Å². The molecule has 1 saturated heterocycles. The van der Waals surface area contributed by atoms with Crippen LogP contribution in [0.5, 0.6) is 0 Å². The number of likely N-dealkylation sites (tertiary alicyclic amines) is 1. The largest absolute Gasteiger partial charge is 0.352 e. The molecule has 7 heteroatoms. The molecular formula is C24H30N6O. The molecule has 2 unspecified atom stereocenters.